The summed E-state index contributed by atoms with van der Waals surface area (Å²) in [6.45, 7) is 14.1. The zero-order chi connectivity index (χ0) is 13.1. The van der Waals surface area contributed by atoms with Crippen LogP contribution >= 0.6 is 0 Å². The predicted octanol–water partition coefficient (Wildman–Crippen LogP) is 2.22. The van der Waals surface area contributed by atoms with E-state index in [0.717, 1.165) is 32.7 Å². The lowest BCUT2D eigenvalue weighted by Crippen LogP contribution is -2.53. The minimum absolute atomic E-state index is 0.177. The second-order valence-electron chi connectivity index (χ2n) is 4.94. The van der Waals surface area contributed by atoms with Gasteiger partial charge in [-0.1, -0.05) is 40.5 Å². The molecule has 0 rings (SSSR count). The van der Waals surface area contributed by atoms with E-state index in [9.17, 15) is 0 Å². The molecule has 0 aromatic rings. The van der Waals surface area contributed by atoms with Crippen LogP contribution in [0.15, 0.2) is 0 Å². The first-order chi connectivity index (χ1) is 8.17. The summed E-state index contributed by atoms with van der Waals surface area (Å²) in [7, 11) is 0. The Morgan fingerprint density at radius 1 is 1.00 bits per heavy atom. The van der Waals surface area contributed by atoms with Gasteiger partial charge in [-0.3, -0.25) is 0 Å². The average molecular weight is 243 g/mol. The van der Waals surface area contributed by atoms with Crippen molar-refractivity contribution >= 4 is 0 Å². The highest BCUT2D eigenvalue weighted by Crippen LogP contribution is 2.18. The summed E-state index contributed by atoms with van der Waals surface area (Å²) in [5.74, 6) is 0. The molecular weight excluding hydrogens is 210 g/mol. The quantitative estimate of drug-likeness (QED) is 0.584. The van der Waals surface area contributed by atoms with E-state index in [1.165, 1.54) is 25.7 Å². The molecule has 104 valence electrons. The fourth-order valence-corrected chi connectivity index (χ4v) is 2.55. The number of nitrogens with zero attached hydrogens (tertiary/aromatic N) is 1. The summed E-state index contributed by atoms with van der Waals surface area (Å²) in [5, 5.41) is 3.72. The second-order valence-corrected chi connectivity index (χ2v) is 4.94. The number of hydrogen-bond donors (Lipinski definition) is 2. The Morgan fingerprint density at radius 3 is 1.88 bits per heavy atom. The van der Waals surface area contributed by atoms with Gasteiger partial charge in [0.2, 0.25) is 0 Å². The standard InChI is InChI=1S/C14H33N3/c1-5-9-14(13-15,10-6-2)16-11-12-17(7-3)8-4/h16H,5-13,15H2,1-4H3. The highest BCUT2D eigenvalue weighted by Gasteiger charge is 2.25. The molecule has 0 unspecified atom stereocenters. The van der Waals surface area contributed by atoms with Gasteiger partial charge in [-0.25, -0.2) is 0 Å². The molecule has 0 heterocycles. The molecule has 0 radical (unpaired) electrons. The van der Waals surface area contributed by atoms with Crippen LogP contribution in [0.3, 0.4) is 0 Å². The molecule has 3 heteroatoms. The van der Waals surface area contributed by atoms with E-state index in [1.807, 2.05) is 0 Å². The maximum absolute atomic E-state index is 5.99. The molecule has 0 saturated heterocycles. The number of rotatable bonds is 11. The third kappa shape index (κ3) is 6.39. The zero-order valence-electron chi connectivity index (χ0n) is 12.4. The lowest BCUT2D eigenvalue weighted by Gasteiger charge is -2.34. The Kier molecular flexibility index (Phi) is 9.79. The van der Waals surface area contributed by atoms with Crippen LogP contribution in [0.4, 0.5) is 0 Å². The largest absolute Gasteiger partial charge is 0.329 e. The number of nitrogens with two attached hydrogens (primary N) is 1. The first-order valence-corrected chi connectivity index (χ1v) is 7.35. The van der Waals surface area contributed by atoms with Crippen LogP contribution in [0, 0.1) is 0 Å². The lowest BCUT2D eigenvalue weighted by molar-refractivity contribution is 0.246. The summed E-state index contributed by atoms with van der Waals surface area (Å²) in [6, 6.07) is 0. The van der Waals surface area contributed by atoms with Crippen molar-refractivity contribution < 1.29 is 0 Å². The lowest BCUT2D eigenvalue weighted by atomic mass is 9.88. The highest BCUT2D eigenvalue weighted by molar-refractivity contribution is 4.88. The van der Waals surface area contributed by atoms with E-state index in [4.69, 9.17) is 5.73 Å². The normalized spacial score (nSPS) is 12.4. The van der Waals surface area contributed by atoms with Crippen molar-refractivity contribution in [3.8, 4) is 0 Å². The van der Waals surface area contributed by atoms with E-state index < -0.39 is 0 Å². The Morgan fingerprint density at radius 2 is 1.53 bits per heavy atom. The van der Waals surface area contributed by atoms with Gasteiger partial charge in [-0.05, 0) is 25.9 Å². The smallest absolute Gasteiger partial charge is 0.0304 e. The molecule has 3 nitrogen and oxygen atoms in total. The Balaban J connectivity index is 4.14. The van der Waals surface area contributed by atoms with Crippen molar-refractivity contribution in [1.82, 2.24) is 10.2 Å². The van der Waals surface area contributed by atoms with Crippen molar-refractivity contribution in [1.29, 1.82) is 0 Å². The molecule has 0 fully saturated rings. The first kappa shape index (κ1) is 16.9. The van der Waals surface area contributed by atoms with Gasteiger partial charge in [-0.15, -0.1) is 0 Å². The minimum atomic E-state index is 0.177. The molecule has 0 aliphatic heterocycles. The molecule has 0 amide bonds. The summed E-state index contributed by atoms with van der Waals surface area (Å²) in [5.41, 5.74) is 6.16. The third-order valence-electron chi connectivity index (χ3n) is 3.67. The maximum Gasteiger partial charge on any atom is 0.0304 e. The van der Waals surface area contributed by atoms with Crippen molar-refractivity contribution in [3.05, 3.63) is 0 Å². The summed E-state index contributed by atoms with van der Waals surface area (Å²) < 4.78 is 0. The predicted molar refractivity (Wildman–Crippen MR) is 77.4 cm³/mol. The number of hydrogen-bond acceptors (Lipinski definition) is 3. The van der Waals surface area contributed by atoms with Gasteiger partial charge in [0.15, 0.2) is 0 Å². The van der Waals surface area contributed by atoms with E-state index in [2.05, 4.69) is 37.9 Å². The highest BCUT2D eigenvalue weighted by atomic mass is 15.1. The van der Waals surface area contributed by atoms with Crippen molar-refractivity contribution in [2.45, 2.75) is 58.9 Å². The topological polar surface area (TPSA) is 41.3 Å². The van der Waals surface area contributed by atoms with E-state index in [1.54, 1.807) is 0 Å². The van der Waals surface area contributed by atoms with Gasteiger partial charge in [0.05, 0.1) is 0 Å². The van der Waals surface area contributed by atoms with Crippen molar-refractivity contribution in [3.63, 3.8) is 0 Å². The Hall–Kier alpha value is -0.120. The minimum Gasteiger partial charge on any atom is -0.329 e. The zero-order valence-corrected chi connectivity index (χ0v) is 12.4. The molecule has 0 aromatic carbocycles. The molecule has 0 atom stereocenters. The van der Waals surface area contributed by atoms with Crippen LogP contribution in [0.1, 0.15) is 53.4 Å². The van der Waals surface area contributed by atoms with E-state index >= 15 is 0 Å². The molecule has 0 spiro atoms. The molecular formula is C14H33N3. The molecule has 0 aromatic heterocycles. The molecule has 3 N–H and O–H groups in total. The second kappa shape index (κ2) is 9.86. The first-order valence-electron chi connectivity index (χ1n) is 7.35. The van der Waals surface area contributed by atoms with E-state index in [0.29, 0.717) is 0 Å². The van der Waals surface area contributed by atoms with E-state index in [-0.39, 0.29) is 5.54 Å². The van der Waals surface area contributed by atoms with Crippen LogP contribution in [-0.2, 0) is 0 Å². The average Bonchev–Trinajstić information content (AvgIpc) is 2.35. The summed E-state index contributed by atoms with van der Waals surface area (Å²) >= 11 is 0. The SMILES string of the molecule is CCCC(CN)(CCC)NCCN(CC)CC. The van der Waals surface area contributed by atoms with Gasteiger partial charge < -0.3 is 16.0 Å². The van der Waals surface area contributed by atoms with Gasteiger partial charge in [0.25, 0.3) is 0 Å². The van der Waals surface area contributed by atoms with Crippen molar-refractivity contribution in [2.24, 2.45) is 5.73 Å². The maximum atomic E-state index is 5.99. The fourth-order valence-electron chi connectivity index (χ4n) is 2.55. The third-order valence-corrected chi connectivity index (χ3v) is 3.67. The van der Waals surface area contributed by atoms with Gasteiger partial charge in [0, 0.05) is 25.2 Å². The Bertz CT molecular complexity index is 161. The van der Waals surface area contributed by atoms with Crippen molar-refractivity contribution in [2.75, 3.05) is 32.7 Å². The van der Waals surface area contributed by atoms with Crippen LogP contribution in [0.5, 0.6) is 0 Å². The van der Waals surface area contributed by atoms with Crippen LogP contribution in [-0.4, -0.2) is 43.2 Å². The van der Waals surface area contributed by atoms with Gasteiger partial charge >= 0.3 is 0 Å². The molecule has 0 saturated carbocycles. The van der Waals surface area contributed by atoms with Gasteiger partial charge in [0.1, 0.15) is 0 Å². The Labute approximate surface area is 108 Å². The summed E-state index contributed by atoms with van der Waals surface area (Å²) in [4.78, 5) is 2.45. The number of likely N-dealkylation sites (N-methyl/N-ethyl adjacent to an activating group) is 1. The fraction of sp³-hybridized carbons (Fsp3) is 1.00. The molecule has 0 aliphatic rings. The molecule has 0 aliphatic carbocycles. The van der Waals surface area contributed by atoms with Crippen LogP contribution in [0.2, 0.25) is 0 Å². The van der Waals surface area contributed by atoms with Crippen LogP contribution < -0.4 is 11.1 Å². The number of nitrogens with one attached hydrogen (secondary N) is 1. The monoisotopic (exact) mass is 243 g/mol. The van der Waals surface area contributed by atoms with Crippen LogP contribution in [0.25, 0.3) is 0 Å². The summed E-state index contributed by atoms with van der Waals surface area (Å²) in [6.07, 6.45) is 4.79. The molecule has 0 bridgehead atoms. The van der Waals surface area contributed by atoms with Gasteiger partial charge in [-0.2, -0.15) is 0 Å². The molecule has 17 heavy (non-hydrogen) atoms.